The van der Waals surface area contributed by atoms with E-state index >= 15 is 0 Å². The van der Waals surface area contributed by atoms with Crippen LogP contribution in [-0.4, -0.2) is 48.1 Å². The molecule has 0 saturated heterocycles. The van der Waals surface area contributed by atoms with Gasteiger partial charge in [0.2, 0.25) is 17.8 Å². The van der Waals surface area contributed by atoms with Crippen LogP contribution in [0.2, 0.25) is 0 Å². The van der Waals surface area contributed by atoms with Crippen molar-refractivity contribution in [3.63, 3.8) is 0 Å². The average molecular weight is 254 g/mol. The van der Waals surface area contributed by atoms with Crippen LogP contribution in [-0.2, 0) is 4.79 Å². The molecule has 0 fully saturated rings. The van der Waals surface area contributed by atoms with Crippen molar-refractivity contribution in [3.8, 4) is 6.01 Å². The Morgan fingerprint density at radius 3 is 2.72 bits per heavy atom. The third-order valence-corrected chi connectivity index (χ3v) is 2.00. The summed E-state index contributed by atoms with van der Waals surface area (Å²) in [6.45, 7) is 2.53. The Morgan fingerprint density at radius 1 is 1.44 bits per heavy atom. The van der Waals surface area contributed by atoms with Gasteiger partial charge in [-0.15, -0.1) is 0 Å². The van der Waals surface area contributed by atoms with E-state index in [-0.39, 0.29) is 12.6 Å². The number of carbonyl (C=O) groups is 1. The van der Waals surface area contributed by atoms with Crippen LogP contribution < -0.4 is 20.7 Å². The van der Waals surface area contributed by atoms with E-state index in [1.54, 1.807) is 14.1 Å². The van der Waals surface area contributed by atoms with E-state index in [9.17, 15) is 4.79 Å². The molecular formula is C10H18N6O2. The topological polar surface area (TPSA) is 106 Å². The lowest BCUT2D eigenvalue weighted by atomic mass is 10.5. The number of carbonyl (C=O) groups excluding carboxylic acids is 1. The highest BCUT2D eigenvalue weighted by Crippen LogP contribution is 2.13. The van der Waals surface area contributed by atoms with E-state index in [1.807, 2.05) is 6.92 Å². The summed E-state index contributed by atoms with van der Waals surface area (Å²) in [5, 5.41) is 2.81. The van der Waals surface area contributed by atoms with Gasteiger partial charge in [0.25, 0.3) is 0 Å². The van der Waals surface area contributed by atoms with Gasteiger partial charge in [0.1, 0.15) is 0 Å². The number of anilines is 2. The molecule has 1 amide bonds. The number of hydrogen-bond donors (Lipinski definition) is 2. The molecule has 1 aromatic rings. The maximum atomic E-state index is 10.9. The second-order valence-electron chi connectivity index (χ2n) is 3.66. The van der Waals surface area contributed by atoms with E-state index in [0.29, 0.717) is 18.5 Å². The first kappa shape index (κ1) is 13.9. The fourth-order valence-corrected chi connectivity index (χ4v) is 1.19. The number of amides is 1. The van der Waals surface area contributed by atoms with E-state index in [2.05, 4.69) is 20.3 Å². The molecule has 1 heterocycles. The van der Waals surface area contributed by atoms with E-state index in [0.717, 1.165) is 6.42 Å². The Bertz CT molecular complexity index is 411. The molecule has 0 bridgehead atoms. The Balaban J connectivity index is 2.92. The van der Waals surface area contributed by atoms with Crippen LogP contribution in [0, 0.1) is 0 Å². The summed E-state index contributed by atoms with van der Waals surface area (Å²) in [4.78, 5) is 24.7. The Kier molecular flexibility index (Phi) is 5.09. The van der Waals surface area contributed by atoms with Gasteiger partial charge in [-0.25, -0.2) is 0 Å². The van der Waals surface area contributed by atoms with Gasteiger partial charge >= 0.3 is 6.01 Å². The second-order valence-corrected chi connectivity index (χ2v) is 3.66. The minimum Gasteiger partial charge on any atom is -0.463 e. The number of nitrogens with two attached hydrogens (primary N) is 1. The maximum absolute atomic E-state index is 10.9. The Morgan fingerprint density at radius 2 is 2.17 bits per heavy atom. The molecule has 0 aromatic carbocycles. The molecule has 0 aliphatic carbocycles. The molecule has 0 saturated carbocycles. The minimum atomic E-state index is -0.458. The summed E-state index contributed by atoms with van der Waals surface area (Å²) in [5.74, 6) is 0.252. The van der Waals surface area contributed by atoms with Crippen LogP contribution in [0.15, 0.2) is 0 Å². The Hall–Kier alpha value is -2.12. The summed E-state index contributed by atoms with van der Waals surface area (Å²) in [6.07, 6.45) is 0.854. The van der Waals surface area contributed by atoms with Gasteiger partial charge in [-0.1, -0.05) is 6.92 Å². The molecule has 8 nitrogen and oxygen atoms in total. The molecule has 8 heteroatoms. The van der Waals surface area contributed by atoms with Crippen molar-refractivity contribution in [1.29, 1.82) is 0 Å². The number of rotatable bonds is 7. The first-order valence-electron chi connectivity index (χ1n) is 5.62. The normalized spacial score (nSPS) is 9.94. The van der Waals surface area contributed by atoms with E-state index in [1.165, 1.54) is 4.90 Å². The summed E-state index contributed by atoms with van der Waals surface area (Å²) in [5.41, 5.74) is 5.12. The molecule has 0 atom stereocenters. The monoisotopic (exact) mass is 254 g/mol. The summed E-state index contributed by atoms with van der Waals surface area (Å²) in [6, 6.07) is 0.225. The van der Waals surface area contributed by atoms with Gasteiger partial charge in [-0.3, -0.25) is 4.79 Å². The standard InChI is InChI=1S/C10H18N6O2/c1-4-5-18-10-14-8(12-2)13-9(15-10)16(3)6-7(11)17/h4-6H2,1-3H3,(H2,11,17)(H,12,13,14,15). The molecule has 18 heavy (non-hydrogen) atoms. The summed E-state index contributed by atoms with van der Waals surface area (Å²) >= 11 is 0. The van der Waals surface area contributed by atoms with Crippen molar-refractivity contribution in [2.24, 2.45) is 5.73 Å². The van der Waals surface area contributed by atoms with Gasteiger partial charge in [-0.05, 0) is 6.42 Å². The highest BCUT2D eigenvalue weighted by atomic mass is 16.5. The summed E-state index contributed by atoms with van der Waals surface area (Å²) < 4.78 is 5.35. The van der Waals surface area contributed by atoms with Crippen LogP contribution in [0.1, 0.15) is 13.3 Å². The molecule has 3 N–H and O–H groups in total. The quantitative estimate of drug-likeness (QED) is 0.683. The molecular weight excluding hydrogens is 236 g/mol. The molecule has 0 unspecified atom stereocenters. The Labute approximate surface area is 106 Å². The van der Waals surface area contributed by atoms with Crippen LogP contribution in [0.25, 0.3) is 0 Å². The maximum Gasteiger partial charge on any atom is 0.323 e. The number of likely N-dealkylation sites (N-methyl/N-ethyl adjacent to an activating group) is 1. The molecule has 1 rings (SSSR count). The van der Waals surface area contributed by atoms with Gasteiger partial charge in [0, 0.05) is 14.1 Å². The van der Waals surface area contributed by atoms with Gasteiger partial charge in [0.15, 0.2) is 0 Å². The lowest BCUT2D eigenvalue weighted by molar-refractivity contribution is -0.116. The first-order chi connectivity index (χ1) is 8.56. The third-order valence-electron chi connectivity index (χ3n) is 2.00. The lowest BCUT2D eigenvalue weighted by Gasteiger charge is -2.16. The third kappa shape index (κ3) is 4.04. The van der Waals surface area contributed by atoms with E-state index < -0.39 is 5.91 Å². The fraction of sp³-hybridized carbons (Fsp3) is 0.600. The van der Waals surface area contributed by atoms with Crippen molar-refractivity contribution < 1.29 is 9.53 Å². The number of ether oxygens (including phenoxy) is 1. The highest BCUT2D eigenvalue weighted by Gasteiger charge is 2.12. The van der Waals surface area contributed by atoms with Crippen LogP contribution >= 0.6 is 0 Å². The highest BCUT2D eigenvalue weighted by molar-refractivity contribution is 5.78. The number of primary amides is 1. The van der Waals surface area contributed by atoms with Crippen LogP contribution in [0.3, 0.4) is 0 Å². The molecule has 0 aliphatic rings. The molecule has 0 radical (unpaired) electrons. The van der Waals surface area contributed by atoms with Crippen molar-refractivity contribution in [2.45, 2.75) is 13.3 Å². The largest absolute Gasteiger partial charge is 0.463 e. The van der Waals surface area contributed by atoms with Gasteiger partial charge in [-0.2, -0.15) is 15.0 Å². The predicted octanol–water partition coefficient (Wildman–Crippen LogP) is -0.376. The fourth-order valence-electron chi connectivity index (χ4n) is 1.19. The van der Waals surface area contributed by atoms with Crippen molar-refractivity contribution in [2.75, 3.05) is 37.5 Å². The van der Waals surface area contributed by atoms with Crippen molar-refractivity contribution in [3.05, 3.63) is 0 Å². The SMILES string of the molecule is CCCOc1nc(NC)nc(N(C)CC(N)=O)n1. The summed E-state index contributed by atoms with van der Waals surface area (Å²) in [7, 11) is 3.36. The van der Waals surface area contributed by atoms with Gasteiger partial charge in [0.05, 0.1) is 13.2 Å². The zero-order valence-electron chi connectivity index (χ0n) is 10.8. The second kappa shape index (κ2) is 6.58. The lowest BCUT2D eigenvalue weighted by Crippen LogP contribution is -2.32. The molecule has 0 aliphatic heterocycles. The number of nitrogens with one attached hydrogen (secondary N) is 1. The number of nitrogens with zero attached hydrogens (tertiary/aromatic N) is 4. The van der Waals surface area contributed by atoms with Crippen molar-refractivity contribution >= 4 is 17.8 Å². The first-order valence-corrected chi connectivity index (χ1v) is 5.62. The van der Waals surface area contributed by atoms with Gasteiger partial charge < -0.3 is 20.7 Å². The molecule has 1 aromatic heterocycles. The van der Waals surface area contributed by atoms with Crippen LogP contribution in [0.5, 0.6) is 6.01 Å². The molecule has 100 valence electrons. The number of aromatic nitrogens is 3. The number of hydrogen-bond acceptors (Lipinski definition) is 7. The van der Waals surface area contributed by atoms with Crippen molar-refractivity contribution in [1.82, 2.24) is 15.0 Å². The van der Waals surface area contributed by atoms with E-state index in [4.69, 9.17) is 10.5 Å². The zero-order chi connectivity index (χ0) is 13.5. The zero-order valence-corrected chi connectivity index (χ0v) is 10.8. The minimum absolute atomic E-state index is 0.0282. The average Bonchev–Trinajstić information content (AvgIpc) is 2.35. The smallest absolute Gasteiger partial charge is 0.323 e. The predicted molar refractivity (Wildman–Crippen MR) is 67.6 cm³/mol. The van der Waals surface area contributed by atoms with Crippen LogP contribution in [0.4, 0.5) is 11.9 Å². The molecule has 0 spiro atoms.